The first-order valence-corrected chi connectivity index (χ1v) is 6.39. The number of halogens is 1. The van der Waals surface area contributed by atoms with E-state index in [4.69, 9.17) is 9.31 Å². The van der Waals surface area contributed by atoms with Crippen molar-refractivity contribution in [3.8, 4) is 0 Å². The zero-order chi connectivity index (χ0) is 14.3. The summed E-state index contributed by atoms with van der Waals surface area (Å²) in [5, 5.41) is 0. The number of allylic oxidation sites excluding steroid dienone is 1. The molecule has 0 bridgehead atoms. The molecule has 5 heteroatoms. The molecule has 2 rings (SSSR count). The molecular weight excluding hydrogens is 244 g/mol. The SMILES string of the molecule is C=CCc1ccc(F)c(B2OC(C)(C)C(C)(C)O2)n1. The maximum absolute atomic E-state index is 13.9. The van der Waals surface area contributed by atoms with Gasteiger partial charge in [-0.15, -0.1) is 6.58 Å². The third-order valence-electron chi connectivity index (χ3n) is 3.76. The van der Waals surface area contributed by atoms with E-state index < -0.39 is 24.1 Å². The van der Waals surface area contributed by atoms with Gasteiger partial charge in [-0.05, 0) is 39.8 Å². The van der Waals surface area contributed by atoms with Gasteiger partial charge < -0.3 is 9.31 Å². The van der Waals surface area contributed by atoms with Gasteiger partial charge in [0, 0.05) is 12.1 Å². The second kappa shape index (κ2) is 4.73. The van der Waals surface area contributed by atoms with E-state index in [2.05, 4.69) is 11.6 Å². The van der Waals surface area contributed by atoms with E-state index in [0.717, 1.165) is 5.69 Å². The highest BCUT2D eigenvalue weighted by Gasteiger charge is 2.53. The van der Waals surface area contributed by atoms with Crippen molar-refractivity contribution in [2.45, 2.75) is 45.3 Å². The molecule has 0 unspecified atom stereocenters. The number of hydrogen-bond donors (Lipinski definition) is 0. The molecule has 102 valence electrons. The van der Waals surface area contributed by atoms with E-state index >= 15 is 0 Å². The van der Waals surface area contributed by atoms with Crippen LogP contribution in [0.3, 0.4) is 0 Å². The first-order valence-electron chi connectivity index (χ1n) is 6.39. The van der Waals surface area contributed by atoms with E-state index in [1.54, 1.807) is 12.1 Å². The van der Waals surface area contributed by atoms with Crippen LogP contribution in [-0.2, 0) is 15.7 Å². The van der Waals surface area contributed by atoms with Gasteiger partial charge >= 0.3 is 7.12 Å². The minimum Gasteiger partial charge on any atom is -0.398 e. The van der Waals surface area contributed by atoms with Crippen LogP contribution >= 0.6 is 0 Å². The topological polar surface area (TPSA) is 31.4 Å². The summed E-state index contributed by atoms with van der Waals surface area (Å²) in [4.78, 5) is 4.28. The van der Waals surface area contributed by atoms with Crippen molar-refractivity contribution in [2.24, 2.45) is 0 Å². The lowest BCUT2D eigenvalue weighted by Crippen LogP contribution is -2.41. The molecule has 0 aromatic carbocycles. The van der Waals surface area contributed by atoms with Gasteiger partial charge in [0.15, 0.2) is 0 Å². The Hall–Kier alpha value is -1.20. The minimum atomic E-state index is -0.769. The lowest BCUT2D eigenvalue weighted by Gasteiger charge is -2.32. The predicted octanol–water partition coefficient (Wildman–Crippen LogP) is 2.25. The minimum absolute atomic E-state index is 0.206. The smallest absolute Gasteiger partial charge is 0.398 e. The van der Waals surface area contributed by atoms with Gasteiger partial charge in [0.2, 0.25) is 0 Å². The van der Waals surface area contributed by atoms with Gasteiger partial charge in [-0.25, -0.2) is 4.39 Å². The second-order valence-corrected chi connectivity index (χ2v) is 5.75. The van der Waals surface area contributed by atoms with Gasteiger partial charge in [-0.1, -0.05) is 6.08 Å². The molecule has 0 spiro atoms. The third-order valence-corrected chi connectivity index (χ3v) is 3.76. The Bertz CT molecular complexity index is 486. The van der Waals surface area contributed by atoms with Crippen LogP contribution in [-0.4, -0.2) is 23.3 Å². The van der Waals surface area contributed by atoms with Gasteiger partial charge in [-0.3, -0.25) is 4.98 Å². The van der Waals surface area contributed by atoms with Gasteiger partial charge in [0.1, 0.15) is 11.4 Å². The van der Waals surface area contributed by atoms with Crippen LogP contribution in [0.2, 0.25) is 0 Å². The first-order chi connectivity index (χ1) is 8.77. The Morgan fingerprint density at radius 1 is 1.26 bits per heavy atom. The van der Waals surface area contributed by atoms with Crippen molar-refractivity contribution < 1.29 is 13.7 Å². The van der Waals surface area contributed by atoms with Gasteiger partial charge in [-0.2, -0.15) is 0 Å². The Labute approximate surface area is 114 Å². The molecule has 0 aliphatic carbocycles. The van der Waals surface area contributed by atoms with Crippen LogP contribution in [0.25, 0.3) is 0 Å². The lowest BCUT2D eigenvalue weighted by atomic mass is 9.83. The van der Waals surface area contributed by atoms with E-state index in [1.807, 2.05) is 27.7 Å². The molecular formula is C14H19BFNO2. The van der Waals surface area contributed by atoms with Crippen molar-refractivity contribution in [3.63, 3.8) is 0 Å². The van der Waals surface area contributed by atoms with Crippen LogP contribution in [0.4, 0.5) is 4.39 Å². The summed E-state index contributed by atoms with van der Waals surface area (Å²) in [6.07, 6.45) is 2.32. The van der Waals surface area contributed by atoms with Crippen molar-refractivity contribution in [3.05, 3.63) is 36.3 Å². The van der Waals surface area contributed by atoms with Crippen molar-refractivity contribution in [2.75, 3.05) is 0 Å². The summed E-state index contributed by atoms with van der Waals surface area (Å²) in [6.45, 7) is 11.4. The molecule has 1 aliphatic heterocycles. The van der Waals surface area contributed by atoms with Gasteiger partial charge in [0.25, 0.3) is 0 Å². The Morgan fingerprint density at radius 3 is 2.37 bits per heavy atom. The highest BCUT2D eigenvalue weighted by Crippen LogP contribution is 2.36. The normalized spacial score (nSPS) is 20.6. The number of hydrogen-bond acceptors (Lipinski definition) is 3. The molecule has 0 N–H and O–H groups in total. The van der Waals surface area contributed by atoms with Crippen LogP contribution in [0.15, 0.2) is 24.8 Å². The molecule has 0 radical (unpaired) electrons. The summed E-state index contributed by atoms with van der Waals surface area (Å²) in [5.41, 5.74) is -0.0420. The second-order valence-electron chi connectivity index (χ2n) is 5.75. The highest BCUT2D eigenvalue weighted by molar-refractivity contribution is 6.61. The standard InChI is InChI=1S/C14H19BFNO2/c1-6-7-10-8-9-11(16)12(17-10)15-18-13(2,3)14(4,5)19-15/h6,8-9H,1,7H2,2-5H3. The molecule has 2 heterocycles. The molecule has 19 heavy (non-hydrogen) atoms. The highest BCUT2D eigenvalue weighted by atomic mass is 19.1. The van der Waals surface area contributed by atoms with Crippen LogP contribution in [0.1, 0.15) is 33.4 Å². The molecule has 0 amide bonds. The molecule has 0 atom stereocenters. The summed E-state index contributed by atoms with van der Waals surface area (Å²) in [5.74, 6) is -0.411. The van der Waals surface area contributed by atoms with E-state index in [9.17, 15) is 4.39 Å². The quantitative estimate of drug-likeness (QED) is 0.619. The molecule has 0 saturated carbocycles. The Balaban J connectivity index is 2.33. The van der Waals surface area contributed by atoms with E-state index in [0.29, 0.717) is 6.42 Å². The maximum Gasteiger partial charge on any atom is 0.517 e. The Morgan fingerprint density at radius 2 is 1.84 bits per heavy atom. The zero-order valence-electron chi connectivity index (χ0n) is 11.9. The summed E-state index contributed by atoms with van der Waals surface area (Å²) >= 11 is 0. The van der Waals surface area contributed by atoms with Crippen LogP contribution < -0.4 is 5.59 Å². The van der Waals surface area contributed by atoms with Crippen molar-refractivity contribution in [1.29, 1.82) is 0 Å². The monoisotopic (exact) mass is 263 g/mol. The van der Waals surface area contributed by atoms with E-state index in [1.165, 1.54) is 6.07 Å². The maximum atomic E-state index is 13.9. The molecule has 1 fully saturated rings. The number of nitrogens with zero attached hydrogens (tertiary/aromatic N) is 1. The average molecular weight is 263 g/mol. The fourth-order valence-corrected chi connectivity index (χ4v) is 1.88. The lowest BCUT2D eigenvalue weighted by molar-refractivity contribution is 0.00578. The van der Waals surface area contributed by atoms with E-state index in [-0.39, 0.29) is 5.59 Å². The fourth-order valence-electron chi connectivity index (χ4n) is 1.88. The molecule has 3 nitrogen and oxygen atoms in total. The van der Waals surface area contributed by atoms with Crippen LogP contribution in [0.5, 0.6) is 0 Å². The number of aromatic nitrogens is 1. The third kappa shape index (κ3) is 2.58. The van der Waals surface area contributed by atoms with Crippen molar-refractivity contribution in [1.82, 2.24) is 4.98 Å². The number of pyridine rings is 1. The summed E-state index contributed by atoms with van der Waals surface area (Å²) in [7, 11) is -0.769. The zero-order valence-corrected chi connectivity index (χ0v) is 11.9. The van der Waals surface area contributed by atoms with Gasteiger partial charge in [0.05, 0.1) is 11.2 Å². The molecule has 1 saturated heterocycles. The molecule has 1 aromatic heterocycles. The number of rotatable bonds is 3. The van der Waals surface area contributed by atoms with Crippen LogP contribution in [0, 0.1) is 5.82 Å². The molecule has 1 aromatic rings. The first kappa shape index (κ1) is 14.2. The average Bonchev–Trinajstić information content (AvgIpc) is 2.51. The molecule has 1 aliphatic rings. The predicted molar refractivity (Wildman–Crippen MR) is 73.8 cm³/mol. The van der Waals surface area contributed by atoms with Crippen molar-refractivity contribution >= 4 is 12.7 Å². The Kier molecular flexibility index (Phi) is 3.54. The fraction of sp³-hybridized carbons (Fsp3) is 0.500. The largest absolute Gasteiger partial charge is 0.517 e. The summed E-state index contributed by atoms with van der Waals surface area (Å²) in [6, 6.07) is 3.04. The summed E-state index contributed by atoms with van der Waals surface area (Å²) < 4.78 is 25.5.